The van der Waals surface area contributed by atoms with Gasteiger partial charge >= 0.3 is 5.97 Å². The van der Waals surface area contributed by atoms with Gasteiger partial charge in [0.1, 0.15) is 5.57 Å². The summed E-state index contributed by atoms with van der Waals surface area (Å²) in [5.41, 5.74) is 3.98. The predicted octanol–water partition coefficient (Wildman–Crippen LogP) is 4.47. The van der Waals surface area contributed by atoms with E-state index >= 15 is 0 Å². The second-order valence-electron chi connectivity index (χ2n) is 6.62. The monoisotopic (exact) mass is 408 g/mol. The SMILES string of the molecule is CCOC(=O)/C(=C\c1ccc(C)c(C)c1)c1nc(-c2ccc(OC)c(OC)c2)no1. The van der Waals surface area contributed by atoms with Crippen LogP contribution in [0, 0.1) is 13.8 Å². The number of ether oxygens (including phenoxy) is 3. The maximum atomic E-state index is 12.6. The van der Waals surface area contributed by atoms with Gasteiger partial charge in [0.15, 0.2) is 11.5 Å². The van der Waals surface area contributed by atoms with Crippen molar-refractivity contribution < 1.29 is 23.5 Å². The molecule has 156 valence electrons. The van der Waals surface area contributed by atoms with Crippen LogP contribution in [0.5, 0.6) is 11.5 Å². The lowest BCUT2D eigenvalue weighted by atomic mass is 10.0. The first-order valence-electron chi connectivity index (χ1n) is 9.49. The number of aromatic nitrogens is 2. The Labute approximate surface area is 175 Å². The van der Waals surface area contributed by atoms with Crippen molar-refractivity contribution in [2.75, 3.05) is 20.8 Å². The molecule has 0 atom stereocenters. The smallest absolute Gasteiger partial charge is 0.343 e. The number of aryl methyl sites for hydroxylation is 2. The second kappa shape index (κ2) is 9.26. The first kappa shape index (κ1) is 21.1. The van der Waals surface area contributed by atoms with E-state index in [2.05, 4.69) is 10.1 Å². The zero-order valence-electron chi connectivity index (χ0n) is 17.7. The molecule has 0 unspecified atom stereocenters. The molecule has 0 fully saturated rings. The fourth-order valence-corrected chi connectivity index (χ4v) is 2.86. The molecule has 3 rings (SSSR count). The number of hydrogen-bond donors (Lipinski definition) is 0. The van der Waals surface area contributed by atoms with Gasteiger partial charge in [0.25, 0.3) is 5.89 Å². The highest BCUT2D eigenvalue weighted by atomic mass is 16.5. The molecule has 3 aromatic rings. The summed E-state index contributed by atoms with van der Waals surface area (Å²) in [4.78, 5) is 17.0. The van der Waals surface area contributed by atoms with Crippen molar-refractivity contribution in [1.29, 1.82) is 0 Å². The van der Waals surface area contributed by atoms with E-state index < -0.39 is 5.97 Å². The van der Waals surface area contributed by atoms with Gasteiger partial charge in [-0.1, -0.05) is 23.4 Å². The summed E-state index contributed by atoms with van der Waals surface area (Å²) < 4.78 is 21.2. The maximum absolute atomic E-state index is 12.6. The molecule has 7 heteroatoms. The molecule has 7 nitrogen and oxygen atoms in total. The van der Waals surface area contributed by atoms with Crippen molar-refractivity contribution in [1.82, 2.24) is 10.1 Å². The van der Waals surface area contributed by atoms with E-state index in [-0.39, 0.29) is 18.1 Å². The first-order valence-corrected chi connectivity index (χ1v) is 9.49. The molecule has 0 saturated heterocycles. The van der Waals surface area contributed by atoms with Gasteiger partial charge in [-0.15, -0.1) is 0 Å². The second-order valence-corrected chi connectivity index (χ2v) is 6.62. The topological polar surface area (TPSA) is 83.7 Å². The van der Waals surface area contributed by atoms with Crippen molar-refractivity contribution >= 4 is 17.6 Å². The molecule has 0 aliphatic rings. The summed E-state index contributed by atoms with van der Waals surface area (Å²) in [7, 11) is 3.11. The van der Waals surface area contributed by atoms with E-state index in [0.717, 1.165) is 11.1 Å². The highest BCUT2D eigenvalue weighted by Crippen LogP contribution is 2.32. The Morgan fingerprint density at radius 3 is 2.47 bits per heavy atom. The molecule has 0 spiro atoms. The number of carbonyl (C=O) groups excluding carboxylic acids is 1. The Morgan fingerprint density at radius 1 is 1.03 bits per heavy atom. The van der Waals surface area contributed by atoms with E-state index in [4.69, 9.17) is 18.7 Å². The van der Waals surface area contributed by atoms with Crippen LogP contribution in [0.25, 0.3) is 23.0 Å². The minimum atomic E-state index is -0.529. The number of carbonyl (C=O) groups is 1. The number of benzene rings is 2. The van der Waals surface area contributed by atoms with Gasteiger partial charge in [-0.3, -0.25) is 0 Å². The highest BCUT2D eigenvalue weighted by Gasteiger charge is 2.21. The maximum Gasteiger partial charge on any atom is 0.343 e. The van der Waals surface area contributed by atoms with Crippen molar-refractivity contribution in [3.8, 4) is 22.9 Å². The summed E-state index contributed by atoms with van der Waals surface area (Å²) in [5, 5.41) is 4.02. The third kappa shape index (κ3) is 4.51. The lowest BCUT2D eigenvalue weighted by Gasteiger charge is -2.07. The molecule has 0 aliphatic carbocycles. The van der Waals surface area contributed by atoms with Gasteiger partial charge in [0.05, 0.1) is 20.8 Å². The van der Waals surface area contributed by atoms with Crippen molar-refractivity contribution in [2.45, 2.75) is 20.8 Å². The Balaban J connectivity index is 2.02. The van der Waals surface area contributed by atoms with Crippen molar-refractivity contribution in [3.05, 3.63) is 59.0 Å². The summed E-state index contributed by atoms with van der Waals surface area (Å²) in [6.45, 7) is 6.02. The molecular weight excluding hydrogens is 384 g/mol. The van der Waals surface area contributed by atoms with Crippen LogP contribution >= 0.6 is 0 Å². The third-order valence-electron chi connectivity index (χ3n) is 4.64. The zero-order chi connectivity index (χ0) is 21.7. The van der Waals surface area contributed by atoms with E-state index in [9.17, 15) is 4.79 Å². The normalized spacial score (nSPS) is 11.3. The third-order valence-corrected chi connectivity index (χ3v) is 4.64. The van der Waals surface area contributed by atoms with Gasteiger partial charge in [-0.2, -0.15) is 4.98 Å². The van der Waals surface area contributed by atoms with Crippen LogP contribution in [0.1, 0.15) is 29.5 Å². The highest BCUT2D eigenvalue weighted by molar-refractivity contribution is 6.20. The van der Waals surface area contributed by atoms with Crippen LogP contribution in [0.15, 0.2) is 40.9 Å². The Kier molecular flexibility index (Phi) is 6.51. The van der Waals surface area contributed by atoms with E-state index in [1.165, 1.54) is 5.56 Å². The largest absolute Gasteiger partial charge is 0.493 e. The molecule has 0 radical (unpaired) electrons. The predicted molar refractivity (Wildman–Crippen MR) is 113 cm³/mol. The van der Waals surface area contributed by atoms with Gasteiger partial charge in [0, 0.05) is 5.56 Å². The quantitative estimate of drug-likeness (QED) is 0.421. The van der Waals surface area contributed by atoms with Gasteiger partial charge in [-0.05, 0) is 61.7 Å². The number of hydrogen-bond acceptors (Lipinski definition) is 7. The van der Waals surface area contributed by atoms with E-state index in [1.54, 1.807) is 45.4 Å². The van der Waals surface area contributed by atoms with Crippen LogP contribution in [-0.2, 0) is 9.53 Å². The molecule has 1 heterocycles. The minimum Gasteiger partial charge on any atom is -0.493 e. The van der Waals surface area contributed by atoms with Gasteiger partial charge in [-0.25, -0.2) is 4.79 Å². The van der Waals surface area contributed by atoms with Crippen LogP contribution in [0.3, 0.4) is 0 Å². The summed E-state index contributed by atoms with van der Waals surface area (Å²) in [5.74, 6) is 1.00. The Bertz CT molecular complexity index is 1080. The molecule has 0 saturated carbocycles. The summed E-state index contributed by atoms with van der Waals surface area (Å²) >= 11 is 0. The number of methoxy groups -OCH3 is 2. The first-order chi connectivity index (χ1) is 14.5. The van der Waals surface area contributed by atoms with Crippen LogP contribution in [0.2, 0.25) is 0 Å². The summed E-state index contributed by atoms with van der Waals surface area (Å²) in [6.07, 6.45) is 1.69. The van der Waals surface area contributed by atoms with E-state index in [1.807, 2.05) is 32.0 Å². The average Bonchev–Trinajstić information content (AvgIpc) is 3.24. The molecule has 0 N–H and O–H groups in total. The molecule has 30 heavy (non-hydrogen) atoms. The number of esters is 1. The molecule has 1 aromatic heterocycles. The van der Waals surface area contributed by atoms with Crippen LogP contribution < -0.4 is 9.47 Å². The fraction of sp³-hybridized carbons (Fsp3) is 0.261. The van der Waals surface area contributed by atoms with Gasteiger partial charge < -0.3 is 18.7 Å². The minimum absolute atomic E-state index is 0.0801. The standard InChI is InChI=1S/C23H24N2O5/c1-6-29-23(26)18(12-16-8-7-14(2)15(3)11-16)22-24-21(25-30-22)17-9-10-19(27-4)20(13-17)28-5/h7-13H,6H2,1-5H3/b18-12-. The zero-order valence-corrected chi connectivity index (χ0v) is 17.7. The van der Waals surface area contributed by atoms with Crippen LogP contribution in [-0.4, -0.2) is 36.9 Å². The van der Waals surface area contributed by atoms with E-state index in [0.29, 0.717) is 22.9 Å². The lowest BCUT2D eigenvalue weighted by molar-refractivity contribution is -0.136. The van der Waals surface area contributed by atoms with Crippen molar-refractivity contribution in [3.63, 3.8) is 0 Å². The Morgan fingerprint density at radius 2 is 1.80 bits per heavy atom. The van der Waals surface area contributed by atoms with Crippen LogP contribution in [0.4, 0.5) is 0 Å². The number of nitrogens with zero attached hydrogens (tertiary/aromatic N) is 2. The number of rotatable bonds is 7. The van der Waals surface area contributed by atoms with Gasteiger partial charge in [0.2, 0.25) is 5.82 Å². The molecule has 0 aliphatic heterocycles. The lowest BCUT2D eigenvalue weighted by Crippen LogP contribution is -2.07. The molecular formula is C23H24N2O5. The molecule has 0 amide bonds. The summed E-state index contributed by atoms with van der Waals surface area (Å²) in [6, 6.07) is 11.2. The Hall–Kier alpha value is -3.61. The average molecular weight is 408 g/mol. The molecule has 0 bridgehead atoms. The fourth-order valence-electron chi connectivity index (χ4n) is 2.86. The van der Waals surface area contributed by atoms with Crippen molar-refractivity contribution in [2.24, 2.45) is 0 Å². The molecule has 2 aromatic carbocycles.